The average Bonchev–Trinajstić information content (AvgIpc) is 3.30. The number of nitrogens with two attached hydrogens (primary N) is 1. The highest BCUT2D eigenvalue weighted by atomic mass is 19.4. The third-order valence-electron chi connectivity index (χ3n) is 6.30. The van der Waals surface area contributed by atoms with E-state index in [1.807, 2.05) is 0 Å². The van der Waals surface area contributed by atoms with E-state index in [0.717, 1.165) is 48.8 Å². The third-order valence-corrected chi connectivity index (χ3v) is 6.30. The van der Waals surface area contributed by atoms with Crippen molar-refractivity contribution in [2.75, 3.05) is 18.8 Å². The molecule has 0 saturated carbocycles. The van der Waals surface area contributed by atoms with Gasteiger partial charge in [0.25, 0.3) is 0 Å². The van der Waals surface area contributed by atoms with Gasteiger partial charge in [-0.2, -0.15) is 13.2 Å². The zero-order chi connectivity index (χ0) is 25.3. The molecule has 0 unspecified atom stereocenters. The van der Waals surface area contributed by atoms with Crippen LogP contribution in [0.2, 0.25) is 0 Å². The van der Waals surface area contributed by atoms with Crippen molar-refractivity contribution < 1.29 is 17.6 Å². The fraction of sp³-hybridized carbons (Fsp3) is 0.280. The van der Waals surface area contributed by atoms with Crippen molar-refractivity contribution in [2.45, 2.75) is 31.6 Å². The van der Waals surface area contributed by atoms with Crippen LogP contribution in [0.5, 0.6) is 0 Å². The van der Waals surface area contributed by atoms with Crippen molar-refractivity contribution in [2.24, 2.45) is 0 Å². The molecule has 2 N–H and O–H groups in total. The zero-order valence-corrected chi connectivity index (χ0v) is 19.2. The number of imidazole rings is 1. The van der Waals surface area contributed by atoms with E-state index in [1.54, 1.807) is 30.7 Å². The highest BCUT2D eigenvalue weighted by Gasteiger charge is 2.32. The first-order valence-corrected chi connectivity index (χ1v) is 11.4. The van der Waals surface area contributed by atoms with Gasteiger partial charge in [-0.15, -0.1) is 0 Å². The molecule has 1 aliphatic heterocycles. The van der Waals surface area contributed by atoms with Crippen LogP contribution in [0, 0.1) is 5.82 Å². The topological polar surface area (TPSA) is 85.8 Å². The minimum absolute atomic E-state index is 0.125. The van der Waals surface area contributed by atoms with E-state index in [2.05, 4.69) is 29.4 Å². The van der Waals surface area contributed by atoms with Gasteiger partial charge < -0.3 is 10.3 Å². The van der Waals surface area contributed by atoms with Crippen molar-refractivity contribution in [1.29, 1.82) is 0 Å². The number of nitrogens with zero attached hydrogens (tertiary/aromatic N) is 6. The molecule has 7 nitrogen and oxygen atoms in total. The quantitative estimate of drug-likeness (QED) is 0.392. The maximum Gasteiger partial charge on any atom is 0.433 e. The highest BCUT2D eigenvalue weighted by molar-refractivity contribution is 5.77. The minimum atomic E-state index is -4.44. The van der Waals surface area contributed by atoms with E-state index in [4.69, 9.17) is 5.73 Å². The molecule has 3 aromatic heterocycles. The molecule has 4 heterocycles. The molecule has 0 aliphatic carbocycles. The number of anilines is 1. The first-order valence-electron chi connectivity index (χ1n) is 11.4. The predicted octanol–water partition coefficient (Wildman–Crippen LogP) is 4.98. The molecule has 4 aromatic rings. The number of pyridine rings is 1. The fourth-order valence-corrected chi connectivity index (χ4v) is 4.52. The van der Waals surface area contributed by atoms with Crippen LogP contribution < -0.4 is 5.73 Å². The third kappa shape index (κ3) is 5.06. The Balaban J connectivity index is 1.36. The van der Waals surface area contributed by atoms with Gasteiger partial charge >= 0.3 is 6.18 Å². The molecular weight excluding hydrogens is 474 g/mol. The molecule has 1 fully saturated rings. The lowest BCUT2D eigenvalue weighted by Gasteiger charge is -2.33. The number of aromatic nitrogens is 5. The van der Waals surface area contributed by atoms with Crippen molar-refractivity contribution in [3.05, 3.63) is 78.3 Å². The first kappa shape index (κ1) is 23.9. The molecule has 5 rings (SSSR count). The van der Waals surface area contributed by atoms with E-state index in [1.165, 1.54) is 24.4 Å². The van der Waals surface area contributed by atoms with E-state index in [9.17, 15) is 17.6 Å². The standard InChI is InChI=1S/C25H23F4N7/c26-18-4-2-17(3-5-18)22-23(20-7-10-31-24(30)34-20)36(15-33-22)19-8-11-35(12-9-19)14-16-1-6-21(32-13-16)25(27,28)29/h1-7,10,13,15,19H,8-9,11-12,14H2,(H2,30,31,34). The predicted molar refractivity (Wildman–Crippen MR) is 126 cm³/mol. The Morgan fingerprint density at radius 2 is 1.69 bits per heavy atom. The monoisotopic (exact) mass is 497 g/mol. The molecule has 36 heavy (non-hydrogen) atoms. The molecule has 11 heteroatoms. The fourth-order valence-electron chi connectivity index (χ4n) is 4.52. The summed E-state index contributed by atoms with van der Waals surface area (Å²) in [5, 5.41) is 0. The molecule has 1 aliphatic rings. The second-order valence-corrected chi connectivity index (χ2v) is 8.71. The van der Waals surface area contributed by atoms with Crippen LogP contribution in [0.15, 0.2) is 61.2 Å². The van der Waals surface area contributed by atoms with Crippen LogP contribution in [0.3, 0.4) is 0 Å². The summed E-state index contributed by atoms with van der Waals surface area (Å²) in [5.41, 5.74) is 8.53. The van der Waals surface area contributed by atoms with Crippen LogP contribution in [-0.2, 0) is 12.7 Å². The van der Waals surface area contributed by atoms with Gasteiger partial charge in [-0.3, -0.25) is 9.88 Å². The Morgan fingerprint density at radius 1 is 0.944 bits per heavy atom. The molecular formula is C25H23F4N7. The Hall–Kier alpha value is -3.86. The molecule has 0 radical (unpaired) electrons. The molecule has 1 aromatic carbocycles. The van der Waals surface area contributed by atoms with Gasteiger partial charge in [0, 0.05) is 43.6 Å². The second kappa shape index (κ2) is 9.65. The summed E-state index contributed by atoms with van der Waals surface area (Å²) < 4.78 is 53.9. The summed E-state index contributed by atoms with van der Waals surface area (Å²) in [4.78, 5) is 18.8. The smallest absolute Gasteiger partial charge is 0.368 e. The minimum Gasteiger partial charge on any atom is -0.368 e. The van der Waals surface area contributed by atoms with Gasteiger partial charge in [0.2, 0.25) is 5.95 Å². The number of rotatable bonds is 5. The maximum absolute atomic E-state index is 13.5. The largest absolute Gasteiger partial charge is 0.433 e. The summed E-state index contributed by atoms with van der Waals surface area (Å²) in [6.45, 7) is 2.03. The highest BCUT2D eigenvalue weighted by Crippen LogP contribution is 2.35. The molecule has 0 bridgehead atoms. The number of hydrogen-bond acceptors (Lipinski definition) is 6. The van der Waals surface area contributed by atoms with E-state index < -0.39 is 11.9 Å². The molecule has 1 saturated heterocycles. The van der Waals surface area contributed by atoms with Gasteiger partial charge in [-0.05, 0) is 54.8 Å². The van der Waals surface area contributed by atoms with E-state index in [0.29, 0.717) is 17.9 Å². The van der Waals surface area contributed by atoms with Crippen molar-refractivity contribution >= 4 is 5.95 Å². The number of piperidine rings is 1. The zero-order valence-electron chi connectivity index (χ0n) is 19.2. The number of likely N-dealkylation sites (tertiary alicyclic amines) is 1. The summed E-state index contributed by atoms with van der Waals surface area (Å²) in [6, 6.07) is 10.5. The maximum atomic E-state index is 13.5. The summed E-state index contributed by atoms with van der Waals surface area (Å²) in [5.74, 6) is -0.188. The van der Waals surface area contributed by atoms with Crippen LogP contribution in [-0.4, -0.2) is 42.5 Å². The van der Waals surface area contributed by atoms with Gasteiger partial charge in [0.05, 0.1) is 23.4 Å². The number of halogens is 4. The normalized spacial score (nSPS) is 15.3. The van der Waals surface area contributed by atoms with Crippen molar-refractivity contribution in [1.82, 2.24) is 29.4 Å². The van der Waals surface area contributed by atoms with Gasteiger partial charge in [-0.25, -0.2) is 19.3 Å². The van der Waals surface area contributed by atoms with Gasteiger partial charge in [0.1, 0.15) is 11.5 Å². The van der Waals surface area contributed by atoms with Gasteiger partial charge in [-0.1, -0.05) is 6.07 Å². The first-order chi connectivity index (χ1) is 17.3. The summed E-state index contributed by atoms with van der Waals surface area (Å²) in [7, 11) is 0. The Labute approximate surface area is 204 Å². The van der Waals surface area contributed by atoms with E-state index >= 15 is 0 Å². The SMILES string of the molecule is Nc1nccc(-c2c(-c3ccc(F)cc3)ncn2C2CCN(Cc3ccc(C(F)(F)F)nc3)CC2)n1. The average molecular weight is 498 g/mol. The molecule has 0 atom stereocenters. The van der Waals surface area contributed by atoms with E-state index in [-0.39, 0.29) is 17.8 Å². The lowest BCUT2D eigenvalue weighted by molar-refractivity contribution is -0.141. The Morgan fingerprint density at radius 3 is 2.33 bits per heavy atom. The second-order valence-electron chi connectivity index (χ2n) is 8.71. The number of alkyl halides is 3. The van der Waals surface area contributed by atoms with Crippen LogP contribution in [0.4, 0.5) is 23.5 Å². The van der Waals surface area contributed by atoms with Crippen LogP contribution in [0.1, 0.15) is 30.1 Å². The van der Waals surface area contributed by atoms with Gasteiger partial charge in [0.15, 0.2) is 0 Å². The Bertz CT molecular complexity index is 1330. The number of hydrogen-bond donors (Lipinski definition) is 1. The summed E-state index contributed by atoms with van der Waals surface area (Å²) in [6.07, 6.45) is 1.82. The lowest BCUT2D eigenvalue weighted by atomic mass is 10.0. The molecule has 0 amide bonds. The van der Waals surface area contributed by atoms with Crippen molar-refractivity contribution in [3.8, 4) is 22.6 Å². The molecule has 186 valence electrons. The summed E-state index contributed by atoms with van der Waals surface area (Å²) >= 11 is 0. The Kier molecular flexibility index (Phi) is 6.40. The number of benzene rings is 1. The molecule has 0 spiro atoms. The van der Waals surface area contributed by atoms with Crippen LogP contribution in [0.25, 0.3) is 22.6 Å². The number of nitrogen functional groups attached to an aromatic ring is 1. The van der Waals surface area contributed by atoms with Crippen LogP contribution >= 0.6 is 0 Å². The van der Waals surface area contributed by atoms with Crippen molar-refractivity contribution in [3.63, 3.8) is 0 Å². The lowest BCUT2D eigenvalue weighted by Crippen LogP contribution is -2.34.